The lowest BCUT2D eigenvalue weighted by Gasteiger charge is -2.25. The summed E-state index contributed by atoms with van der Waals surface area (Å²) in [5.41, 5.74) is 2.53. The zero-order valence-corrected chi connectivity index (χ0v) is 13.3. The number of aryl methyl sites for hydroxylation is 2. The van der Waals surface area contributed by atoms with E-state index in [9.17, 15) is 13.5 Å². The minimum Gasteiger partial charge on any atom is -0.394 e. The molecule has 19 heavy (non-hydrogen) atoms. The fourth-order valence-electron chi connectivity index (χ4n) is 2.03. The maximum absolute atomic E-state index is 12.5. The van der Waals surface area contributed by atoms with Gasteiger partial charge in [-0.1, -0.05) is 6.07 Å². The molecule has 0 aromatic heterocycles. The molecule has 5 heteroatoms. The van der Waals surface area contributed by atoms with Crippen LogP contribution in [0.3, 0.4) is 0 Å². The minimum atomic E-state index is -3.65. The van der Waals surface area contributed by atoms with Crippen LogP contribution in [0, 0.1) is 27.7 Å². The van der Waals surface area contributed by atoms with Gasteiger partial charge in [-0.2, -0.15) is 0 Å². The summed E-state index contributed by atoms with van der Waals surface area (Å²) in [5.74, 6) is 0. The summed E-state index contributed by atoms with van der Waals surface area (Å²) in [7, 11) is -3.65. The molecule has 0 spiro atoms. The van der Waals surface area contributed by atoms with Crippen molar-refractivity contribution < 1.29 is 13.5 Å². The summed E-state index contributed by atoms with van der Waals surface area (Å²) >= 11 is 0. The number of aliphatic hydroxyl groups is 1. The molecule has 0 radical (unpaired) electrons. The highest BCUT2D eigenvalue weighted by atomic mass is 32.2. The van der Waals surface area contributed by atoms with E-state index < -0.39 is 15.6 Å². The number of aliphatic hydroxyl groups excluding tert-OH is 1. The first kappa shape index (κ1) is 16.1. The van der Waals surface area contributed by atoms with Crippen LogP contribution in [0.25, 0.3) is 0 Å². The van der Waals surface area contributed by atoms with Crippen LogP contribution < -0.4 is 4.72 Å². The molecular weight excluding hydrogens is 262 g/mol. The average molecular weight is 285 g/mol. The Kier molecular flexibility index (Phi) is 4.44. The van der Waals surface area contributed by atoms with Gasteiger partial charge in [0.1, 0.15) is 0 Å². The monoisotopic (exact) mass is 285 g/mol. The Hall–Kier alpha value is -0.910. The number of rotatable bonds is 4. The Morgan fingerprint density at radius 1 is 1.11 bits per heavy atom. The van der Waals surface area contributed by atoms with E-state index in [4.69, 9.17) is 0 Å². The topological polar surface area (TPSA) is 66.4 Å². The van der Waals surface area contributed by atoms with Crippen molar-refractivity contribution in [3.63, 3.8) is 0 Å². The molecule has 0 fully saturated rings. The van der Waals surface area contributed by atoms with Crippen molar-refractivity contribution in [2.45, 2.75) is 52.0 Å². The number of benzene rings is 1. The van der Waals surface area contributed by atoms with Crippen LogP contribution in [-0.2, 0) is 10.0 Å². The Labute approximate surface area is 115 Å². The Balaban J connectivity index is 3.46. The SMILES string of the molecule is Cc1cc(C)c(C)c(S(=O)(=O)NC(C)(C)CO)c1C. The van der Waals surface area contributed by atoms with E-state index in [1.54, 1.807) is 13.8 Å². The van der Waals surface area contributed by atoms with Crippen LogP contribution in [0.5, 0.6) is 0 Å². The third-order valence-electron chi connectivity index (χ3n) is 3.37. The summed E-state index contributed by atoms with van der Waals surface area (Å²) in [4.78, 5) is 0.325. The maximum Gasteiger partial charge on any atom is 0.241 e. The van der Waals surface area contributed by atoms with Crippen molar-refractivity contribution in [1.82, 2.24) is 4.72 Å². The summed E-state index contributed by atoms with van der Waals surface area (Å²) < 4.78 is 27.6. The van der Waals surface area contributed by atoms with Crippen LogP contribution in [0.2, 0.25) is 0 Å². The fourth-order valence-corrected chi connectivity index (χ4v) is 4.05. The molecule has 1 aromatic carbocycles. The third kappa shape index (κ3) is 3.35. The highest BCUT2D eigenvalue weighted by molar-refractivity contribution is 7.89. The molecule has 0 unspecified atom stereocenters. The van der Waals surface area contributed by atoms with Gasteiger partial charge in [-0.05, 0) is 63.8 Å². The lowest BCUT2D eigenvalue weighted by molar-refractivity contribution is 0.208. The molecule has 0 heterocycles. The van der Waals surface area contributed by atoms with E-state index in [-0.39, 0.29) is 6.61 Å². The van der Waals surface area contributed by atoms with Gasteiger partial charge < -0.3 is 5.11 Å². The first-order chi connectivity index (χ1) is 8.52. The molecule has 0 atom stereocenters. The molecule has 0 aliphatic heterocycles. The predicted molar refractivity (Wildman–Crippen MR) is 76.9 cm³/mol. The maximum atomic E-state index is 12.5. The van der Waals surface area contributed by atoms with Crippen LogP contribution in [0.4, 0.5) is 0 Å². The molecule has 0 saturated carbocycles. The van der Waals surface area contributed by atoms with E-state index in [1.807, 2.05) is 33.8 Å². The summed E-state index contributed by atoms with van der Waals surface area (Å²) in [6.45, 7) is 10.5. The molecule has 0 bridgehead atoms. The quantitative estimate of drug-likeness (QED) is 0.889. The van der Waals surface area contributed by atoms with Gasteiger partial charge in [0.15, 0.2) is 0 Å². The molecule has 1 aromatic rings. The van der Waals surface area contributed by atoms with Crippen molar-refractivity contribution in [3.05, 3.63) is 28.3 Å². The first-order valence-corrected chi connectivity index (χ1v) is 7.72. The molecule has 1 rings (SSSR count). The number of hydrogen-bond donors (Lipinski definition) is 2. The van der Waals surface area contributed by atoms with E-state index in [2.05, 4.69) is 4.72 Å². The molecule has 108 valence electrons. The normalized spacial score (nSPS) is 12.8. The molecular formula is C14H23NO3S. The van der Waals surface area contributed by atoms with E-state index in [0.717, 1.165) is 22.3 Å². The average Bonchev–Trinajstić information content (AvgIpc) is 2.25. The van der Waals surface area contributed by atoms with Gasteiger partial charge >= 0.3 is 0 Å². The van der Waals surface area contributed by atoms with Gasteiger partial charge in [0.2, 0.25) is 10.0 Å². The smallest absolute Gasteiger partial charge is 0.241 e. The minimum absolute atomic E-state index is 0.255. The van der Waals surface area contributed by atoms with Crippen molar-refractivity contribution >= 4 is 10.0 Å². The lowest BCUT2D eigenvalue weighted by Crippen LogP contribution is -2.46. The molecule has 0 amide bonds. The van der Waals surface area contributed by atoms with E-state index in [0.29, 0.717) is 4.90 Å². The van der Waals surface area contributed by atoms with Gasteiger partial charge in [-0.15, -0.1) is 0 Å². The predicted octanol–water partition coefficient (Wildman–Crippen LogP) is 1.97. The van der Waals surface area contributed by atoms with Gasteiger partial charge in [-0.3, -0.25) is 0 Å². The highest BCUT2D eigenvalue weighted by Crippen LogP contribution is 2.26. The zero-order chi connectivity index (χ0) is 15.0. The standard InChI is InChI=1S/C14H23NO3S/c1-9-7-10(2)12(4)13(11(9)3)19(17,18)15-14(5,6)8-16/h7,15-16H,8H2,1-6H3. The largest absolute Gasteiger partial charge is 0.394 e. The second kappa shape index (κ2) is 5.23. The summed E-state index contributed by atoms with van der Waals surface area (Å²) in [5, 5.41) is 9.23. The molecule has 2 N–H and O–H groups in total. The fraction of sp³-hybridized carbons (Fsp3) is 0.571. The third-order valence-corrected chi connectivity index (χ3v) is 5.34. The molecule has 0 saturated heterocycles. The second-order valence-corrected chi connectivity index (χ2v) is 7.36. The second-order valence-electron chi connectivity index (χ2n) is 5.74. The van der Waals surface area contributed by atoms with Crippen LogP contribution in [-0.4, -0.2) is 25.7 Å². The summed E-state index contributed by atoms with van der Waals surface area (Å²) in [6.07, 6.45) is 0. The van der Waals surface area contributed by atoms with Crippen molar-refractivity contribution in [1.29, 1.82) is 0 Å². The lowest BCUT2D eigenvalue weighted by atomic mass is 10.0. The van der Waals surface area contributed by atoms with Crippen molar-refractivity contribution in [2.75, 3.05) is 6.61 Å². The number of hydrogen-bond acceptors (Lipinski definition) is 3. The molecule has 4 nitrogen and oxygen atoms in total. The van der Waals surface area contributed by atoms with Crippen LogP contribution in [0.1, 0.15) is 36.1 Å². The molecule has 0 aliphatic carbocycles. The Morgan fingerprint density at radius 3 is 1.89 bits per heavy atom. The van der Waals surface area contributed by atoms with Gasteiger partial charge in [0, 0.05) is 0 Å². The Bertz CT molecular complexity index is 563. The van der Waals surface area contributed by atoms with E-state index in [1.165, 1.54) is 0 Å². The first-order valence-electron chi connectivity index (χ1n) is 6.24. The number of nitrogens with one attached hydrogen (secondary N) is 1. The summed E-state index contributed by atoms with van der Waals surface area (Å²) in [6, 6.07) is 1.99. The zero-order valence-electron chi connectivity index (χ0n) is 12.5. The van der Waals surface area contributed by atoms with Crippen LogP contribution in [0.15, 0.2) is 11.0 Å². The van der Waals surface area contributed by atoms with Crippen molar-refractivity contribution in [3.8, 4) is 0 Å². The van der Waals surface area contributed by atoms with Crippen LogP contribution >= 0.6 is 0 Å². The van der Waals surface area contributed by atoms with Gasteiger partial charge in [-0.25, -0.2) is 13.1 Å². The highest BCUT2D eigenvalue weighted by Gasteiger charge is 2.28. The van der Waals surface area contributed by atoms with Gasteiger partial charge in [0.25, 0.3) is 0 Å². The van der Waals surface area contributed by atoms with Crippen molar-refractivity contribution in [2.24, 2.45) is 0 Å². The Morgan fingerprint density at radius 2 is 1.53 bits per heavy atom. The van der Waals surface area contributed by atoms with E-state index >= 15 is 0 Å². The molecule has 0 aliphatic rings. The number of sulfonamides is 1. The van der Waals surface area contributed by atoms with Gasteiger partial charge in [0.05, 0.1) is 17.0 Å².